The molecule has 2 heterocycles. The quantitative estimate of drug-likeness (QED) is 0.152. The number of carbonyl (C=O) groups excluding carboxylic acids is 1. The number of anilines is 4. The lowest BCUT2D eigenvalue weighted by Crippen LogP contribution is -2.15. The number of benzene rings is 4. The van der Waals surface area contributed by atoms with Crippen LogP contribution in [0.4, 0.5) is 27.4 Å². The Morgan fingerprint density at radius 2 is 1.62 bits per heavy atom. The number of amides is 1. The minimum atomic E-state index is -0.596. The third-order valence-corrected chi connectivity index (χ3v) is 7.60. The van der Waals surface area contributed by atoms with Crippen LogP contribution < -0.4 is 25.4 Å². The SMILES string of the molecule is COc1ccc(CNc2ncnc3c(C(=O)Nc4c(C)ccc5c(Nc6cccc(Cl)c6F)ncnc45)cccc23)c(OC)c1. The smallest absolute Gasteiger partial charge is 0.257 e. The fourth-order valence-corrected chi connectivity index (χ4v) is 5.16. The predicted octanol–water partition coefficient (Wildman–Crippen LogP) is 7.30. The molecule has 226 valence electrons. The molecule has 0 aliphatic rings. The van der Waals surface area contributed by atoms with E-state index in [-0.39, 0.29) is 16.6 Å². The predicted molar refractivity (Wildman–Crippen MR) is 173 cm³/mol. The van der Waals surface area contributed by atoms with E-state index >= 15 is 0 Å². The van der Waals surface area contributed by atoms with Crippen LogP contribution in [0.25, 0.3) is 21.8 Å². The van der Waals surface area contributed by atoms with Crippen molar-refractivity contribution < 1.29 is 18.7 Å². The van der Waals surface area contributed by atoms with E-state index in [2.05, 4.69) is 35.9 Å². The van der Waals surface area contributed by atoms with Crippen LogP contribution in [0.5, 0.6) is 11.5 Å². The second-order valence-corrected chi connectivity index (χ2v) is 10.4. The normalized spacial score (nSPS) is 11.0. The number of halogens is 2. The Hall–Kier alpha value is -5.55. The molecule has 0 aliphatic heterocycles. The van der Waals surface area contributed by atoms with Crippen LogP contribution in [0.3, 0.4) is 0 Å². The van der Waals surface area contributed by atoms with Crippen molar-refractivity contribution in [2.75, 3.05) is 30.2 Å². The summed E-state index contributed by atoms with van der Waals surface area (Å²) < 4.78 is 25.4. The molecule has 12 heteroatoms. The average molecular weight is 624 g/mol. The second-order valence-electron chi connectivity index (χ2n) is 10.0. The van der Waals surface area contributed by atoms with Crippen LogP contribution >= 0.6 is 11.6 Å². The molecule has 0 saturated heterocycles. The second kappa shape index (κ2) is 12.6. The van der Waals surface area contributed by atoms with Gasteiger partial charge in [-0.3, -0.25) is 4.79 Å². The van der Waals surface area contributed by atoms with Gasteiger partial charge in [-0.05, 0) is 55.0 Å². The van der Waals surface area contributed by atoms with Crippen molar-refractivity contribution in [1.82, 2.24) is 19.9 Å². The maximum absolute atomic E-state index is 14.6. The summed E-state index contributed by atoms with van der Waals surface area (Å²) in [5, 5.41) is 10.6. The summed E-state index contributed by atoms with van der Waals surface area (Å²) in [5.74, 6) is 1.30. The van der Waals surface area contributed by atoms with E-state index < -0.39 is 5.82 Å². The van der Waals surface area contributed by atoms with Crippen molar-refractivity contribution in [1.29, 1.82) is 0 Å². The number of aryl methyl sites for hydroxylation is 1. The third kappa shape index (κ3) is 5.85. The molecule has 6 aromatic rings. The third-order valence-electron chi connectivity index (χ3n) is 7.31. The van der Waals surface area contributed by atoms with Crippen molar-refractivity contribution in [3.8, 4) is 11.5 Å². The van der Waals surface area contributed by atoms with Gasteiger partial charge in [0.25, 0.3) is 5.91 Å². The molecule has 1 amide bonds. The van der Waals surface area contributed by atoms with Gasteiger partial charge in [0.05, 0.1) is 47.2 Å². The molecule has 0 saturated carbocycles. The zero-order valence-corrected chi connectivity index (χ0v) is 25.2. The number of fused-ring (bicyclic) bond motifs is 2. The number of carbonyl (C=O) groups is 1. The van der Waals surface area contributed by atoms with Crippen molar-refractivity contribution in [2.24, 2.45) is 0 Å². The number of rotatable bonds is 9. The number of aromatic nitrogens is 4. The lowest BCUT2D eigenvalue weighted by molar-refractivity contribution is 0.102. The van der Waals surface area contributed by atoms with Gasteiger partial charge in [0.15, 0.2) is 5.82 Å². The molecule has 0 bridgehead atoms. The van der Waals surface area contributed by atoms with E-state index in [9.17, 15) is 9.18 Å². The van der Waals surface area contributed by atoms with Gasteiger partial charge in [0, 0.05) is 28.9 Å². The molecule has 0 atom stereocenters. The summed E-state index contributed by atoms with van der Waals surface area (Å²) in [6, 6.07) is 19.2. The fourth-order valence-electron chi connectivity index (χ4n) is 4.99. The first-order valence-electron chi connectivity index (χ1n) is 13.8. The lowest BCUT2D eigenvalue weighted by atomic mass is 10.1. The Balaban J connectivity index is 1.30. The Bertz CT molecular complexity index is 2080. The number of para-hydroxylation sites is 1. The van der Waals surface area contributed by atoms with Crippen LogP contribution in [0, 0.1) is 12.7 Å². The van der Waals surface area contributed by atoms with Crippen molar-refractivity contribution >= 4 is 62.3 Å². The summed E-state index contributed by atoms with van der Waals surface area (Å²) in [7, 11) is 3.20. The minimum Gasteiger partial charge on any atom is -0.497 e. The summed E-state index contributed by atoms with van der Waals surface area (Å²) in [4.78, 5) is 31.4. The summed E-state index contributed by atoms with van der Waals surface area (Å²) >= 11 is 5.96. The van der Waals surface area contributed by atoms with Gasteiger partial charge < -0.3 is 25.4 Å². The number of hydrogen-bond acceptors (Lipinski definition) is 9. The first-order chi connectivity index (χ1) is 21.9. The number of ether oxygens (including phenoxy) is 2. The Morgan fingerprint density at radius 3 is 2.42 bits per heavy atom. The fraction of sp³-hybridized carbons (Fsp3) is 0.121. The standard InChI is InChI=1S/C33H27ClFN7O3/c1-18-10-13-22-30(38-17-40-32(22)41-25-9-5-8-24(34)27(25)35)28(18)42-33(43)23-7-4-6-21-29(23)37-16-39-31(21)36-15-19-11-12-20(44-2)14-26(19)45-3/h4-14,16-17H,15H2,1-3H3,(H,42,43)(H,36,37,39)(H,38,40,41). The van der Waals surface area contributed by atoms with Gasteiger partial charge in [-0.1, -0.05) is 29.8 Å². The highest BCUT2D eigenvalue weighted by atomic mass is 35.5. The Kier molecular flexibility index (Phi) is 8.26. The van der Waals surface area contributed by atoms with Crippen LogP contribution in [0.15, 0.2) is 79.4 Å². The van der Waals surface area contributed by atoms with Crippen molar-refractivity contribution in [3.05, 3.63) is 107 Å². The van der Waals surface area contributed by atoms with Gasteiger partial charge in [-0.2, -0.15) is 0 Å². The molecule has 10 nitrogen and oxygen atoms in total. The Labute approximate surface area is 262 Å². The highest BCUT2D eigenvalue weighted by Crippen LogP contribution is 2.33. The van der Waals surface area contributed by atoms with E-state index in [4.69, 9.17) is 21.1 Å². The molecule has 0 radical (unpaired) electrons. The van der Waals surface area contributed by atoms with Gasteiger partial charge in [-0.25, -0.2) is 24.3 Å². The molecule has 2 aromatic heterocycles. The number of nitrogens with zero attached hydrogens (tertiary/aromatic N) is 4. The zero-order chi connectivity index (χ0) is 31.5. The molecular weight excluding hydrogens is 597 g/mol. The largest absolute Gasteiger partial charge is 0.497 e. The molecule has 0 unspecified atom stereocenters. The Morgan fingerprint density at radius 1 is 0.867 bits per heavy atom. The maximum atomic E-state index is 14.6. The molecule has 6 rings (SSSR count). The summed E-state index contributed by atoms with van der Waals surface area (Å²) in [6.07, 6.45) is 2.76. The van der Waals surface area contributed by atoms with E-state index in [1.54, 1.807) is 38.5 Å². The molecule has 0 fully saturated rings. The number of methoxy groups -OCH3 is 2. The van der Waals surface area contributed by atoms with Gasteiger partial charge in [0.1, 0.15) is 35.8 Å². The average Bonchev–Trinajstić information content (AvgIpc) is 3.06. The first kappa shape index (κ1) is 29.5. The van der Waals surface area contributed by atoms with Crippen LogP contribution in [-0.2, 0) is 6.54 Å². The van der Waals surface area contributed by atoms with Crippen LogP contribution in [0.2, 0.25) is 5.02 Å². The van der Waals surface area contributed by atoms with E-state index in [0.29, 0.717) is 62.7 Å². The van der Waals surface area contributed by atoms with Crippen molar-refractivity contribution in [2.45, 2.75) is 13.5 Å². The molecule has 0 spiro atoms. The molecule has 4 aromatic carbocycles. The van der Waals surface area contributed by atoms with Crippen LogP contribution in [-0.4, -0.2) is 40.1 Å². The molecular formula is C33H27ClFN7O3. The van der Waals surface area contributed by atoms with Gasteiger partial charge in [-0.15, -0.1) is 0 Å². The number of nitrogens with one attached hydrogen (secondary N) is 3. The molecule has 45 heavy (non-hydrogen) atoms. The summed E-state index contributed by atoms with van der Waals surface area (Å²) in [6.45, 7) is 2.28. The zero-order valence-electron chi connectivity index (χ0n) is 24.5. The molecule has 3 N–H and O–H groups in total. The van der Waals surface area contributed by atoms with E-state index in [1.165, 1.54) is 18.7 Å². The first-order valence-corrected chi connectivity index (χ1v) is 14.2. The van der Waals surface area contributed by atoms with Gasteiger partial charge in [0.2, 0.25) is 0 Å². The minimum absolute atomic E-state index is 0.0140. The van der Waals surface area contributed by atoms with Crippen LogP contribution in [0.1, 0.15) is 21.5 Å². The highest BCUT2D eigenvalue weighted by Gasteiger charge is 2.19. The van der Waals surface area contributed by atoms with E-state index in [0.717, 1.165) is 11.1 Å². The maximum Gasteiger partial charge on any atom is 0.257 e. The van der Waals surface area contributed by atoms with E-state index in [1.807, 2.05) is 43.3 Å². The molecule has 0 aliphatic carbocycles. The number of hydrogen-bond donors (Lipinski definition) is 3. The van der Waals surface area contributed by atoms with Gasteiger partial charge >= 0.3 is 0 Å². The van der Waals surface area contributed by atoms with Crippen molar-refractivity contribution in [3.63, 3.8) is 0 Å². The monoisotopic (exact) mass is 623 g/mol. The summed E-state index contributed by atoms with van der Waals surface area (Å²) in [5.41, 5.74) is 3.64. The lowest BCUT2D eigenvalue weighted by Gasteiger charge is -2.15. The topological polar surface area (TPSA) is 123 Å². The highest BCUT2D eigenvalue weighted by molar-refractivity contribution is 6.31.